The predicted octanol–water partition coefficient (Wildman–Crippen LogP) is 4.84. The molecule has 0 N–H and O–H groups in total. The molecule has 2 spiro atoms. The van der Waals surface area contributed by atoms with Crippen LogP contribution >= 0.6 is 0 Å². The van der Waals surface area contributed by atoms with Gasteiger partial charge in [0, 0.05) is 23.9 Å². The van der Waals surface area contributed by atoms with Crippen LogP contribution in [-0.2, 0) is 30.9 Å². The van der Waals surface area contributed by atoms with Gasteiger partial charge in [-0.15, -0.1) is 4.90 Å². The van der Waals surface area contributed by atoms with E-state index in [0.29, 0.717) is 32.0 Å². The number of hydrogen-bond donors (Lipinski definition) is 0. The maximum Gasteiger partial charge on any atom is 0.428 e. The van der Waals surface area contributed by atoms with Crippen molar-refractivity contribution in [2.45, 2.75) is 64.7 Å². The van der Waals surface area contributed by atoms with Gasteiger partial charge in [0.2, 0.25) is 0 Å². The molecule has 208 valence electrons. The lowest BCUT2D eigenvalue weighted by molar-refractivity contribution is -0.185. The number of carbonyl (C=O) groups is 2. The van der Waals surface area contributed by atoms with Crippen LogP contribution in [0.25, 0.3) is 0 Å². The number of carbonyl (C=O) groups excluding carboxylic acids is 2. The van der Waals surface area contributed by atoms with E-state index in [9.17, 15) is 9.59 Å². The second-order valence-corrected chi connectivity index (χ2v) is 12.2. The summed E-state index contributed by atoms with van der Waals surface area (Å²) in [5.74, 6) is 0.673. The first-order chi connectivity index (χ1) is 18.3. The van der Waals surface area contributed by atoms with Crippen molar-refractivity contribution in [3.63, 3.8) is 0 Å². The first kappa shape index (κ1) is 26.9. The van der Waals surface area contributed by atoms with Crippen LogP contribution < -0.4 is 4.74 Å². The number of nitrogens with zero attached hydrogens (tertiary/aromatic N) is 3. The molecule has 3 aliphatic rings. The molecule has 1 unspecified atom stereocenters. The SMILES string of the molecule is CC(C)(C)OC(=O)N(C(=O)OC(C)(C)C)C1=NC2(CO1)c1cc(Cc3ccccn3)ccc1OCC21COC1. The van der Waals surface area contributed by atoms with E-state index < -0.39 is 34.3 Å². The Balaban J connectivity index is 1.58. The third kappa shape index (κ3) is 5.17. The van der Waals surface area contributed by atoms with Gasteiger partial charge < -0.3 is 23.7 Å². The lowest BCUT2D eigenvalue weighted by Gasteiger charge is -2.53. The molecule has 1 aromatic carbocycles. The first-order valence-electron chi connectivity index (χ1n) is 13.0. The van der Waals surface area contributed by atoms with Crippen molar-refractivity contribution in [1.29, 1.82) is 0 Å². The maximum atomic E-state index is 13.3. The smallest absolute Gasteiger partial charge is 0.428 e. The molecular formula is C29H35N3O7. The van der Waals surface area contributed by atoms with E-state index in [1.165, 1.54) is 0 Å². The summed E-state index contributed by atoms with van der Waals surface area (Å²) in [4.78, 5) is 36.7. The third-order valence-corrected chi connectivity index (χ3v) is 6.78. The Kier molecular flexibility index (Phi) is 6.57. The van der Waals surface area contributed by atoms with Gasteiger partial charge in [-0.3, -0.25) is 4.98 Å². The third-order valence-electron chi connectivity index (χ3n) is 6.78. The molecule has 4 heterocycles. The minimum absolute atomic E-state index is 0.0944. The van der Waals surface area contributed by atoms with E-state index >= 15 is 0 Å². The van der Waals surface area contributed by atoms with E-state index in [1.54, 1.807) is 47.7 Å². The number of pyridine rings is 1. The molecule has 0 bridgehead atoms. The monoisotopic (exact) mass is 537 g/mol. The van der Waals surface area contributed by atoms with Crippen LogP contribution in [0.4, 0.5) is 9.59 Å². The highest BCUT2D eigenvalue weighted by atomic mass is 16.6. The standard InChI is InChI=1S/C29H35N3O7/c1-26(2,3)38-24(33)32(25(34)39-27(4,5)6)23-31-29(18-37-23)21-14-19(13-20-9-7-8-12-30-20)10-11-22(21)36-17-28(29)15-35-16-28/h7-12,14H,13,15-18H2,1-6H3. The molecular weight excluding hydrogens is 502 g/mol. The van der Waals surface area contributed by atoms with Crippen molar-refractivity contribution in [3.8, 4) is 5.75 Å². The van der Waals surface area contributed by atoms with Gasteiger partial charge in [-0.25, -0.2) is 14.6 Å². The molecule has 39 heavy (non-hydrogen) atoms. The van der Waals surface area contributed by atoms with Gasteiger partial charge in [0.05, 0.1) is 18.6 Å². The van der Waals surface area contributed by atoms with Gasteiger partial charge >= 0.3 is 18.2 Å². The van der Waals surface area contributed by atoms with E-state index in [0.717, 1.165) is 21.7 Å². The van der Waals surface area contributed by atoms with Gasteiger partial charge in [0.15, 0.2) is 0 Å². The van der Waals surface area contributed by atoms with Crippen molar-refractivity contribution >= 4 is 18.2 Å². The minimum Gasteiger partial charge on any atom is -0.492 e. The van der Waals surface area contributed by atoms with Crippen molar-refractivity contribution in [2.24, 2.45) is 10.4 Å². The Labute approximate surface area is 228 Å². The summed E-state index contributed by atoms with van der Waals surface area (Å²) in [6.45, 7) is 11.6. The summed E-state index contributed by atoms with van der Waals surface area (Å²) in [7, 11) is 0. The van der Waals surface area contributed by atoms with Crippen LogP contribution in [0.5, 0.6) is 5.75 Å². The second-order valence-electron chi connectivity index (χ2n) is 12.2. The number of aromatic nitrogens is 1. The number of fused-ring (bicyclic) bond motifs is 3. The number of ether oxygens (including phenoxy) is 5. The Hall–Kier alpha value is -3.66. The molecule has 0 saturated carbocycles. The molecule has 1 saturated heterocycles. The zero-order valence-electron chi connectivity index (χ0n) is 23.3. The summed E-state index contributed by atoms with van der Waals surface area (Å²) in [6.07, 6.45) is 0.528. The van der Waals surface area contributed by atoms with Crippen molar-refractivity contribution in [3.05, 3.63) is 59.4 Å². The summed E-state index contributed by atoms with van der Waals surface area (Å²) in [5, 5.41) is 0. The van der Waals surface area contributed by atoms with Crippen molar-refractivity contribution < 1.29 is 33.3 Å². The van der Waals surface area contributed by atoms with Crippen LogP contribution in [0.1, 0.15) is 58.4 Å². The predicted molar refractivity (Wildman–Crippen MR) is 142 cm³/mol. The number of aliphatic imine (C=N–C) groups is 1. The van der Waals surface area contributed by atoms with Crippen LogP contribution in [0.3, 0.4) is 0 Å². The van der Waals surface area contributed by atoms with Gasteiger partial charge in [0.1, 0.15) is 35.7 Å². The number of amides is 2. The fourth-order valence-corrected chi connectivity index (χ4v) is 4.91. The van der Waals surface area contributed by atoms with E-state index in [4.69, 9.17) is 28.7 Å². The largest absolute Gasteiger partial charge is 0.492 e. The van der Waals surface area contributed by atoms with Gasteiger partial charge in [-0.05, 0) is 71.4 Å². The second kappa shape index (κ2) is 9.51. The average molecular weight is 538 g/mol. The molecule has 0 radical (unpaired) electrons. The lowest BCUT2D eigenvalue weighted by Crippen LogP contribution is -2.63. The Morgan fingerprint density at radius 2 is 1.62 bits per heavy atom. The number of benzene rings is 1. The molecule has 5 rings (SSSR count). The van der Waals surface area contributed by atoms with Crippen LogP contribution in [0, 0.1) is 5.41 Å². The summed E-state index contributed by atoms with van der Waals surface area (Å²) >= 11 is 0. The van der Waals surface area contributed by atoms with Gasteiger partial charge in [0.25, 0.3) is 0 Å². The van der Waals surface area contributed by atoms with Crippen molar-refractivity contribution in [1.82, 2.24) is 9.88 Å². The topological polar surface area (TPSA) is 109 Å². The minimum atomic E-state index is -0.948. The van der Waals surface area contributed by atoms with Gasteiger partial charge in [-0.2, -0.15) is 0 Å². The molecule has 1 atom stereocenters. The summed E-state index contributed by atoms with van der Waals surface area (Å²) in [5.41, 5.74) is -0.430. The molecule has 0 aliphatic carbocycles. The van der Waals surface area contributed by atoms with Crippen LogP contribution in [-0.4, -0.2) is 65.7 Å². The Morgan fingerprint density at radius 3 is 2.18 bits per heavy atom. The highest BCUT2D eigenvalue weighted by Crippen LogP contribution is 2.56. The van der Waals surface area contributed by atoms with Crippen LogP contribution in [0.2, 0.25) is 0 Å². The molecule has 10 heteroatoms. The average Bonchev–Trinajstić information content (AvgIpc) is 3.22. The molecule has 1 aromatic heterocycles. The number of imide groups is 1. The highest BCUT2D eigenvalue weighted by Gasteiger charge is 2.65. The number of rotatable bonds is 2. The van der Waals surface area contributed by atoms with Crippen LogP contribution in [0.15, 0.2) is 47.6 Å². The molecule has 2 amide bonds. The van der Waals surface area contributed by atoms with E-state index in [-0.39, 0.29) is 12.6 Å². The Bertz CT molecular complexity index is 1260. The van der Waals surface area contributed by atoms with Crippen molar-refractivity contribution in [2.75, 3.05) is 26.4 Å². The maximum absolute atomic E-state index is 13.3. The van der Waals surface area contributed by atoms with E-state index in [1.807, 2.05) is 36.4 Å². The molecule has 10 nitrogen and oxygen atoms in total. The molecule has 2 aromatic rings. The summed E-state index contributed by atoms with van der Waals surface area (Å²) in [6, 6.07) is 11.6. The normalized spacial score (nSPS) is 21.2. The number of amidine groups is 1. The molecule has 1 fully saturated rings. The van der Waals surface area contributed by atoms with Gasteiger partial charge in [-0.1, -0.05) is 12.1 Å². The fraction of sp³-hybridized carbons (Fsp3) is 0.517. The lowest BCUT2D eigenvalue weighted by atomic mass is 9.64. The fourth-order valence-electron chi connectivity index (χ4n) is 4.91. The highest BCUT2D eigenvalue weighted by molar-refractivity contribution is 6.06. The quantitative estimate of drug-likeness (QED) is 0.536. The Morgan fingerprint density at radius 1 is 0.923 bits per heavy atom. The zero-order valence-corrected chi connectivity index (χ0v) is 23.3. The number of hydrogen-bond acceptors (Lipinski definition) is 9. The zero-order chi connectivity index (χ0) is 28.1. The molecule has 3 aliphatic heterocycles. The summed E-state index contributed by atoms with van der Waals surface area (Å²) < 4.78 is 29.0. The van der Waals surface area contributed by atoms with E-state index in [2.05, 4.69) is 4.98 Å². The first-order valence-corrected chi connectivity index (χ1v) is 13.0.